The molecule has 0 unspecified atom stereocenters. The van der Waals surface area contributed by atoms with Crippen LogP contribution in [0.15, 0.2) is 64.0 Å². The zero-order valence-corrected chi connectivity index (χ0v) is 16.9. The first-order valence-corrected chi connectivity index (χ1v) is 10.9. The maximum Gasteiger partial charge on any atom is 0.359 e. The molecule has 0 atom stereocenters. The Bertz CT molecular complexity index is 1180. The molecule has 2 aromatic carbocycles. The molecule has 3 rings (SSSR count). The van der Waals surface area contributed by atoms with Crippen molar-refractivity contribution in [1.29, 1.82) is 0 Å². The maximum atomic E-state index is 12.8. The SMILES string of the molecule is COC(=O)C1=C(OS(=O)(=O)c2ccc(C)cc2)c2ccccc2S(=O)(=O)N1C. The van der Waals surface area contributed by atoms with E-state index in [9.17, 15) is 21.6 Å². The van der Waals surface area contributed by atoms with Gasteiger partial charge in [0.1, 0.15) is 4.90 Å². The van der Waals surface area contributed by atoms with Crippen LogP contribution in [0.25, 0.3) is 5.76 Å². The number of aryl methyl sites for hydroxylation is 1. The van der Waals surface area contributed by atoms with Crippen molar-refractivity contribution in [2.45, 2.75) is 16.7 Å². The Morgan fingerprint density at radius 2 is 1.64 bits per heavy atom. The summed E-state index contributed by atoms with van der Waals surface area (Å²) in [6.07, 6.45) is 0. The van der Waals surface area contributed by atoms with Gasteiger partial charge in [-0.25, -0.2) is 13.2 Å². The van der Waals surface area contributed by atoms with Gasteiger partial charge < -0.3 is 8.92 Å². The quantitative estimate of drug-likeness (QED) is 0.546. The number of hydrogen-bond acceptors (Lipinski definition) is 7. The van der Waals surface area contributed by atoms with Crippen molar-refractivity contribution in [3.63, 3.8) is 0 Å². The molecule has 0 saturated carbocycles. The van der Waals surface area contributed by atoms with E-state index in [-0.39, 0.29) is 15.4 Å². The second kappa shape index (κ2) is 6.95. The monoisotopic (exact) mass is 423 g/mol. The molecule has 148 valence electrons. The normalized spacial score (nSPS) is 15.8. The molecule has 0 bridgehead atoms. The molecule has 28 heavy (non-hydrogen) atoms. The Hall–Kier alpha value is -2.85. The highest BCUT2D eigenvalue weighted by atomic mass is 32.2. The average molecular weight is 423 g/mol. The molecule has 0 amide bonds. The standard InChI is InChI=1S/C18H17NO7S2/c1-12-8-10-13(11-9-12)28(23,24)26-17-14-6-4-5-7-15(14)27(21,22)19(2)16(17)18(20)25-3/h4-11H,1-3H3. The van der Waals surface area contributed by atoms with Crippen molar-refractivity contribution in [2.75, 3.05) is 14.2 Å². The molecule has 0 aromatic heterocycles. The van der Waals surface area contributed by atoms with Gasteiger partial charge in [0.25, 0.3) is 10.0 Å². The maximum absolute atomic E-state index is 12.8. The molecule has 1 aliphatic rings. The molecule has 0 spiro atoms. The Balaban J connectivity index is 2.25. The number of likely N-dealkylation sites (N-methyl/N-ethyl adjacent to an activating group) is 1. The number of nitrogens with zero attached hydrogens (tertiary/aromatic N) is 1. The number of rotatable bonds is 4. The molecule has 10 heteroatoms. The van der Waals surface area contributed by atoms with Crippen molar-refractivity contribution < 1.29 is 30.6 Å². The summed E-state index contributed by atoms with van der Waals surface area (Å²) in [5.74, 6) is -1.46. The zero-order valence-electron chi connectivity index (χ0n) is 15.2. The van der Waals surface area contributed by atoms with Crippen molar-refractivity contribution in [3.8, 4) is 0 Å². The first-order valence-electron chi connectivity index (χ1n) is 8.01. The van der Waals surface area contributed by atoms with E-state index >= 15 is 0 Å². The minimum atomic E-state index is -4.34. The van der Waals surface area contributed by atoms with Gasteiger partial charge in [-0.05, 0) is 31.2 Å². The molecule has 8 nitrogen and oxygen atoms in total. The van der Waals surface area contributed by atoms with Crippen LogP contribution in [0.3, 0.4) is 0 Å². The van der Waals surface area contributed by atoms with Gasteiger partial charge in [-0.15, -0.1) is 0 Å². The van der Waals surface area contributed by atoms with Crippen molar-refractivity contribution in [2.24, 2.45) is 0 Å². The van der Waals surface area contributed by atoms with Gasteiger partial charge in [-0.2, -0.15) is 8.42 Å². The lowest BCUT2D eigenvalue weighted by Crippen LogP contribution is -2.36. The fourth-order valence-electron chi connectivity index (χ4n) is 2.68. The van der Waals surface area contributed by atoms with Crippen LogP contribution in [-0.4, -0.2) is 41.3 Å². The van der Waals surface area contributed by atoms with E-state index in [4.69, 9.17) is 4.18 Å². The average Bonchev–Trinajstić information content (AvgIpc) is 2.66. The van der Waals surface area contributed by atoms with Crippen LogP contribution in [-0.2, 0) is 33.9 Å². The number of esters is 1. The highest BCUT2D eigenvalue weighted by Gasteiger charge is 2.41. The smallest absolute Gasteiger partial charge is 0.359 e. The van der Waals surface area contributed by atoms with Gasteiger partial charge in [0.2, 0.25) is 0 Å². The van der Waals surface area contributed by atoms with E-state index in [2.05, 4.69) is 4.74 Å². The molecule has 2 aromatic rings. The van der Waals surface area contributed by atoms with E-state index in [1.807, 2.05) is 0 Å². The van der Waals surface area contributed by atoms with Crippen LogP contribution in [0, 0.1) is 6.92 Å². The second-order valence-electron chi connectivity index (χ2n) is 5.99. The summed E-state index contributed by atoms with van der Waals surface area (Å²) in [5.41, 5.74) is 0.274. The highest BCUT2D eigenvalue weighted by molar-refractivity contribution is 7.89. The van der Waals surface area contributed by atoms with Crippen LogP contribution < -0.4 is 0 Å². The Kier molecular flexibility index (Phi) is 4.94. The number of benzene rings is 2. The van der Waals surface area contributed by atoms with Crippen LogP contribution in [0.5, 0.6) is 0 Å². The second-order valence-corrected chi connectivity index (χ2v) is 9.47. The van der Waals surface area contributed by atoms with Crippen LogP contribution in [0.1, 0.15) is 11.1 Å². The number of hydrogen-bond donors (Lipinski definition) is 0. The third-order valence-corrected chi connectivity index (χ3v) is 7.23. The molecule has 0 fully saturated rings. The minimum Gasteiger partial charge on any atom is -0.464 e. The third kappa shape index (κ3) is 3.25. The first-order chi connectivity index (χ1) is 13.1. The van der Waals surface area contributed by atoms with Crippen LogP contribution >= 0.6 is 0 Å². The molecule has 0 N–H and O–H groups in total. The summed E-state index contributed by atoms with van der Waals surface area (Å²) >= 11 is 0. The highest BCUT2D eigenvalue weighted by Crippen LogP contribution is 2.38. The predicted octanol–water partition coefficient (Wildman–Crippen LogP) is 1.88. The molecule has 0 saturated heterocycles. The summed E-state index contributed by atoms with van der Waals surface area (Å²) < 4.78 is 61.6. The number of methoxy groups -OCH3 is 1. The van der Waals surface area contributed by atoms with Gasteiger partial charge in [0.05, 0.1) is 12.0 Å². The molecule has 0 radical (unpaired) electrons. The van der Waals surface area contributed by atoms with E-state index in [0.717, 1.165) is 19.7 Å². The van der Waals surface area contributed by atoms with Gasteiger partial charge in [0.15, 0.2) is 11.5 Å². The third-order valence-electron chi connectivity index (χ3n) is 4.18. The van der Waals surface area contributed by atoms with Gasteiger partial charge in [0, 0.05) is 12.6 Å². The number of carbonyl (C=O) groups excluding carboxylic acids is 1. The van der Waals surface area contributed by atoms with Gasteiger partial charge in [-0.3, -0.25) is 4.31 Å². The first kappa shape index (κ1) is 19.9. The molecular formula is C18H17NO7S2. The summed E-state index contributed by atoms with van der Waals surface area (Å²) in [6, 6.07) is 11.6. The van der Waals surface area contributed by atoms with Crippen molar-refractivity contribution >= 4 is 31.9 Å². The Labute approximate surface area is 163 Å². The fraction of sp³-hybridized carbons (Fsp3) is 0.167. The lowest BCUT2D eigenvalue weighted by molar-refractivity contribution is -0.137. The topological polar surface area (TPSA) is 107 Å². The van der Waals surface area contributed by atoms with E-state index < -0.39 is 37.6 Å². The minimum absolute atomic E-state index is 0.0447. The lowest BCUT2D eigenvalue weighted by Gasteiger charge is -2.29. The van der Waals surface area contributed by atoms with Crippen molar-refractivity contribution in [3.05, 3.63) is 65.4 Å². The fourth-order valence-corrected chi connectivity index (χ4v) is 5.02. The van der Waals surface area contributed by atoms with Gasteiger partial charge in [-0.1, -0.05) is 29.8 Å². The zero-order chi connectivity index (χ0) is 20.7. The summed E-state index contributed by atoms with van der Waals surface area (Å²) in [4.78, 5) is 12.0. The molecule has 0 aliphatic carbocycles. The summed E-state index contributed by atoms with van der Waals surface area (Å²) in [5, 5.41) is 0. The largest absolute Gasteiger partial charge is 0.464 e. The van der Waals surface area contributed by atoms with Crippen LogP contribution in [0.4, 0.5) is 0 Å². The molecular weight excluding hydrogens is 406 g/mol. The number of sulfonamides is 1. The van der Waals surface area contributed by atoms with Crippen molar-refractivity contribution in [1.82, 2.24) is 4.31 Å². The summed E-state index contributed by atoms with van der Waals surface area (Å²) in [6.45, 7) is 1.80. The molecule has 1 aliphatic heterocycles. The van der Waals surface area contributed by atoms with Crippen LogP contribution in [0.2, 0.25) is 0 Å². The summed E-state index contributed by atoms with van der Waals surface area (Å²) in [7, 11) is -6.24. The Morgan fingerprint density at radius 1 is 1.04 bits per heavy atom. The number of fused-ring (bicyclic) bond motifs is 1. The predicted molar refractivity (Wildman–Crippen MR) is 99.8 cm³/mol. The van der Waals surface area contributed by atoms with Gasteiger partial charge >= 0.3 is 16.1 Å². The van der Waals surface area contributed by atoms with E-state index in [1.165, 1.54) is 36.4 Å². The van der Waals surface area contributed by atoms with E-state index in [0.29, 0.717) is 4.31 Å². The van der Waals surface area contributed by atoms with E-state index in [1.54, 1.807) is 19.1 Å². The molecule has 1 heterocycles. The Morgan fingerprint density at radius 3 is 2.25 bits per heavy atom. The lowest BCUT2D eigenvalue weighted by atomic mass is 10.1. The number of carbonyl (C=O) groups is 1. The number of ether oxygens (including phenoxy) is 1.